The van der Waals surface area contributed by atoms with Crippen molar-refractivity contribution in [2.75, 3.05) is 6.54 Å². The molecular formula is C11H16BrN3O3S. The Labute approximate surface area is 120 Å². The largest absolute Gasteiger partial charge is 0.366 e. The zero-order valence-corrected chi connectivity index (χ0v) is 13.0. The number of halogens is 1. The van der Waals surface area contributed by atoms with E-state index in [9.17, 15) is 13.2 Å². The van der Waals surface area contributed by atoms with Crippen LogP contribution in [0.5, 0.6) is 0 Å². The van der Waals surface area contributed by atoms with E-state index in [1.807, 2.05) is 0 Å². The Morgan fingerprint density at radius 3 is 2.42 bits per heavy atom. The number of hydrogen-bond donors (Lipinski definition) is 3. The third kappa shape index (κ3) is 4.90. The summed E-state index contributed by atoms with van der Waals surface area (Å²) in [7, 11) is -3.74. The van der Waals surface area contributed by atoms with Gasteiger partial charge in [-0.05, 0) is 32.0 Å². The Morgan fingerprint density at radius 2 is 1.95 bits per heavy atom. The SMILES string of the molecule is CC(C)(N)CNS(=O)(=O)c1cc(Br)cc(C(N)=O)c1. The summed E-state index contributed by atoms with van der Waals surface area (Å²) >= 11 is 3.14. The normalized spacial score (nSPS) is 12.4. The van der Waals surface area contributed by atoms with Crippen molar-refractivity contribution in [2.45, 2.75) is 24.3 Å². The minimum absolute atomic E-state index is 0.0417. The first-order valence-electron chi connectivity index (χ1n) is 5.40. The van der Waals surface area contributed by atoms with E-state index in [1.165, 1.54) is 18.2 Å². The first kappa shape index (κ1) is 16.1. The van der Waals surface area contributed by atoms with Gasteiger partial charge in [0.15, 0.2) is 0 Å². The lowest BCUT2D eigenvalue weighted by atomic mass is 10.1. The van der Waals surface area contributed by atoms with Crippen LogP contribution >= 0.6 is 15.9 Å². The van der Waals surface area contributed by atoms with Crippen LogP contribution in [-0.4, -0.2) is 26.4 Å². The third-order valence-electron chi connectivity index (χ3n) is 2.18. The number of carbonyl (C=O) groups excluding carboxylic acids is 1. The highest BCUT2D eigenvalue weighted by atomic mass is 79.9. The van der Waals surface area contributed by atoms with E-state index >= 15 is 0 Å². The Balaban J connectivity index is 3.11. The third-order valence-corrected chi connectivity index (χ3v) is 4.02. The van der Waals surface area contributed by atoms with Gasteiger partial charge in [0.25, 0.3) is 0 Å². The molecule has 0 heterocycles. The van der Waals surface area contributed by atoms with Crippen LogP contribution in [0.2, 0.25) is 0 Å². The summed E-state index contributed by atoms with van der Waals surface area (Å²) in [5.41, 5.74) is 10.3. The summed E-state index contributed by atoms with van der Waals surface area (Å²) in [5, 5.41) is 0. The van der Waals surface area contributed by atoms with E-state index in [1.54, 1.807) is 13.8 Å². The molecule has 0 aromatic heterocycles. The topological polar surface area (TPSA) is 115 Å². The predicted octanol–water partition coefficient (Wildman–Crippen LogP) is 0.564. The minimum atomic E-state index is -3.74. The number of benzene rings is 1. The van der Waals surface area contributed by atoms with Crippen LogP contribution < -0.4 is 16.2 Å². The van der Waals surface area contributed by atoms with Crippen molar-refractivity contribution >= 4 is 31.9 Å². The number of sulfonamides is 1. The van der Waals surface area contributed by atoms with Gasteiger partial charge in [0.1, 0.15) is 0 Å². The molecule has 6 nitrogen and oxygen atoms in total. The smallest absolute Gasteiger partial charge is 0.248 e. The second-order valence-electron chi connectivity index (χ2n) is 4.85. The van der Waals surface area contributed by atoms with E-state index in [0.717, 1.165) is 0 Å². The van der Waals surface area contributed by atoms with Crippen molar-refractivity contribution in [3.8, 4) is 0 Å². The number of hydrogen-bond acceptors (Lipinski definition) is 4. The predicted molar refractivity (Wildman–Crippen MR) is 76.1 cm³/mol. The lowest BCUT2D eigenvalue weighted by molar-refractivity contribution is 0.1000. The maximum atomic E-state index is 12.1. The molecule has 0 bridgehead atoms. The lowest BCUT2D eigenvalue weighted by Gasteiger charge is -2.19. The van der Waals surface area contributed by atoms with Gasteiger partial charge < -0.3 is 11.5 Å². The van der Waals surface area contributed by atoms with Crippen molar-refractivity contribution < 1.29 is 13.2 Å². The lowest BCUT2D eigenvalue weighted by Crippen LogP contribution is -2.45. The van der Waals surface area contributed by atoms with Crippen molar-refractivity contribution in [3.63, 3.8) is 0 Å². The van der Waals surface area contributed by atoms with Gasteiger partial charge in [-0.15, -0.1) is 0 Å². The van der Waals surface area contributed by atoms with Crippen molar-refractivity contribution in [2.24, 2.45) is 11.5 Å². The molecule has 0 unspecified atom stereocenters. The van der Waals surface area contributed by atoms with Gasteiger partial charge >= 0.3 is 0 Å². The summed E-state index contributed by atoms with van der Waals surface area (Å²) in [5.74, 6) is -0.697. The molecule has 0 radical (unpaired) electrons. The van der Waals surface area contributed by atoms with Crippen LogP contribution in [0.1, 0.15) is 24.2 Å². The molecule has 0 fully saturated rings. The highest BCUT2D eigenvalue weighted by molar-refractivity contribution is 9.10. The Kier molecular flexibility index (Phi) is 4.72. The number of nitrogens with two attached hydrogens (primary N) is 2. The molecule has 1 aromatic carbocycles. The maximum Gasteiger partial charge on any atom is 0.248 e. The van der Waals surface area contributed by atoms with Crippen LogP contribution in [0.15, 0.2) is 27.6 Å². The molecule has 0 aliphatic rings. The molecule has 5 N–H and O–H groups in total. The zero-order chi connectivity index (χ0) is 14.8. The van der Waals surface area contributed by atoms with Gasteiger partial charge in [-0.1, -0.05) is 15.9 Å². The molecule has 0 aliphatic carbocycles. The second-order valence-corrected chi connectivity index (χ2v) is 7.54. The maximum absolute atomic E-state index is 12.1. The molecule has 0 aliphatic heterocycles. The van der Waals surface area contributed by atoms with Crippen molar-refractivity contribution in [1.29, 1.82) is 0 Å². The molecular weight excluding hydrogens is 334 g/mol. The van der Waals surface area contributed by atoms with E-state index in [0.29, 0.717) is 4.47 Å². The zero-order valence-electron chi connectivity index (χ0n) is 10.6. The molecule has 1 amide bonds. The quantitative estimate of drug-likeness (QED) is 0.720. The van der Waals surface area contributed by atoms with Crippen LogP contribution in [0.4, 0.5) is 0 Å². The molecule has 0 atom stereocenters. The van der Waals surface area contributed by atoms with Gasteiger partial charge in [0.05, 0.1) is 4.90 Å². The second kappa shape index (κ2) is 5.58. The highest BCUT2D eigenvalue weighted by Gasteiger charge is 2.20. The molecule has 1 rings (SSSR count). The average molecular weight is 350 g/mol. The fraction of sp³-hybridized carbons (Fsp3) is 0.364. The van der Waals surface area contributed by atoms with Crippen molar-refractivity contribution in [3.05, 3.63) is 28.2 Å². The standard InChI is InChI=1S/C11H16BrN3O3S/c1-11(2,14)6-15-19(17,18)9-4-7(10(13)16)3-8(12)5-9/h3-5,15H,6,14H2,1-2H3,(H2,13,16). The number of amides is 1. The number of carbonyl (C=O) groups is 1. The molecule has 0 spiro atoms. The van der Waals surface area contributed by atoms with Crippen molar-refractivity contribution in [1.82, 2.24) is 4.72 Å². The summed E-state index contributed by atoms with van der Waals surface area (Å²) < 4.78 is 27.0. The van der Waals surface area contributed by atoms with Gasteiger partial charge in [-0.25, -0.2) is 13.1 Å². The van der Waals surface area contributed by atoms with Crippen LogP contribution in [0.25, 0.3) is 0 Å². The van der Waals surface area contributed by atoms with E-state index < -0.39 is 21.5 Å². The average Bonchev–Trinajstić information content (AvgIpc) is 2.25. The van der Waals surface area contributed by atoms with E-state index in [2.05, 4.69) is 20.7 Å². The molecule has 0 saturated carbocycles. The molecule has 0 saturated heterocycles. The fourth-order valence-electron chi connectivity index (χ4n) is 1.22. The molecule has 8 heteroatoms. The molecule has 1 aromatic rings. The van der Waals surface area contributed by atoms with Crippen LogP contribution in [0, 0.1) is 0 Å². The fourth-order valence-corrected chi connectivity index (χ4v) is 3.16. The Hall–Kier alpha value is -0.960. The van der Waals surface area contributed by atoms with Gasteiger partial charge in [0.2, 0.25) is 15.9 Å². The number of nitrogens with one attached hydrogen (secondary N) is 1. The van der Waals surface area contributed by atoms with Gasteiger partial charge in [-0.2, -0.15) is 0 Å². The monoisotopic (exact) mass is 349 g/mol. The molecule has 106 valence electrons. The van der Waals surface area contributed by atoms with E-state index in [4.69, 9.17) is 11.5 Å². The number of primary amides is 1. The Morgan fingerprint density at radius 1 is 1.37 bits per heavy atom. The van der Waals surface area contributed by atoms with E-state index in [-0.39, 0.29) is 17.0 Å². The minimum Gasteiger partial charge on any atom is -0.366 e. The van der Waals surface area contributed by atoms with Gasteiger partial charge in [-0.3, -0.25) is 4.79 Å². The summed E-state index contributed by atoms with van der Waals surface area (Å²) in [6.45, 7) is 3.48. The van der Waals surface area contributed by atoms with Gasteiger partial charge in [0, 0.05) is 22.1 Å². The molecule has 19 heavy (non-hydrogen) atoms. The highest BCUT2D eigenvalue weighted by Crippen LogP contribution is 2.19. The summed E-state index contributed by atoms with van der Waals surface area (Å²) in [4.78, 5) is 11.1. The number of rotatable bonds is 5. The Bertz CT molecular complexity index is 594. The first-order valence-corrected chi connectivity index (χ1v) is 7.68. The summed E-state index contributed by atoms with van der Waals surface area (Å²) in [6, 6.07) is 4.06. The van der Waals surface area contributed by atoms with Crippen LogP contribution in [0.3, 0.4) is 0 Å². The summed E-state index contributed by atoms with van der Waals surface area (Å²) in [6.07, 6.45) is 0. The first-order chi connectivity index (χ1) is 8.51. The van der Waals surface area contributed by atoms with Crippen LogP contribution in [-0.2, 0) is 10.0 Å².